The smallest absolute Gasteiger partial charge is 0.0515 e. The topological polar surface area (TPSA) is 36.1 Å². The molecule has 2 rings (SSSR count). The summed E-state index contributed by atoms with van der Waals surface area (Å²) >= 11 is 0. The van der Waals surface area contributed by atoms with Gasteiger partial charge >= 0.3 is 0 Å². The SMILES string of the molecule is CC(C)(C)CNCC1CNNC1c1ccccc1. The quantitative estimate of drug-likeness (QED) is 0.762. The first-order chi connectivity index (χ1) is 8.56. The third-order valence-electron chi connectivity index (χ3n) is 3.31. The van der Waals surface area contributed by atoms with E-state index in [1.807, 2.05) is 0 Å². The molecule has 0 radical (unpaired) electrons. The number of hydrazine groups is 1. The van der Waals surface area contributed by atoms with Gasteiger partial charge in [0, 0.05) is 25.6 Å². The van der Waals surface area contributed by atoms with E-state index in [0.717, 1.165) is 19.6 Å². The lowest BCUT2D eigenvalue weighted by molar-refractivity contribution is 0.352. The molecule has 1 aliphatic heterocycles. The Morgan fingerprint density at radius 2 is 1.94 bits per heavy atom. The van der Waals surface area contributed by atoms with E-state index in [9.17, 15) is 0 Å². The molecule has 1 aromatic rings. The Bertz CT molecular complexity index is 356. The van der Waals surface area contributed by atoms with Gasteiger partial charge in [0.05, 0.1) is 6.04 Å². The van der Waals surface area contributed by atoms with Crippen molar-refractivity contribution >= 4 is 0 Å². The van der Waals surface area contributed by atoms with E-state index in [2.05, 4.69) is 67.3 Å². The number of hydrogen-bond donors (Lipinski definition) is 3. The Balaban J connectivity index is 1.88. The van der Waals surface area contributed by atoms with Crippen LogP contribution in [0.15, 0.2) is 30.3 Å². The van der Waals surface area contributed by atoms with Gasteiger partial charge in [0.15, 0.2) is 0 Å². The zero-order valence-corrected chi connectivity index (χ0v) is 11.7. The fourth-order valence-electron chi connectivity index (χ4n) is 2.37. The molecule has 0 bridgehead atoms. The Morgan fingerprint density at radius 3 is 2.61 bits per heavy atom. The predicted molar refractivity (Wildman–Crippen MR) is 76.1 cm³/mol. The minimum Gasteiger partial charge on any atom is -0.316 e. The zero-order valence-electron chi connectivity index (χ0n) is 11.7. The van der Waals surface area contributed by atoms with E-state index in [1.165, 1.54) is 5.56 Å². The third kappa shape index (κ3) is 3.80. The van der Waals surface area contributed by atoms with Crippen molar-refractivity contribution in [2.75, 3.05) is 19.6 Å². The van der Waals surface area contributed by atoms with Crippen molar-refractivity contribution < 1.29 is 0 Å². The molecule has 0 amide bonds. The first kappa shape index (κ1) is 13.5. The summed E-state index contributed by atoms with van der Waals surface area (Å²) < 4.78 is 0. The van der Waals surface area contributed by atoms with Crippen LogP contribution < -0.4 is 16.2 Å². The second kappa shape index (κ2) is 5.83. The molecule has 0 aliphatic carbocycles. The third-order valence-corrected chi connectivity index (χ3v) is 3.31. The lowest BCUT2D eigenvalue weighted by Gasteiger charge is -2.23. The first-order valence-corrected chi connectivity index (χ1v) is 6.80. The molecule has 1 aliphatic rings. The summed E-state index contributed by atoms with van der Waals surface area (Å²) in [4.78, 5) is 0. The molecule has 1 saturated heterocycles. The lowest BCUT2D eigenvalue weighted by atomic mass is 9.93. The van der Waals surface area contributed by atoms with E-state index in [1.54, 1.807) is 0 Å². The van der Waals surface area contributed by atoms with Gasteiger partial charge in [-0.25, -0.2) is 5.43 Å². The van der Waals surface area contributed by atoms with E-state index >= 15 is 0 Å². The van der Waals surface area contributed by atoms with Crippen LogP contribution in [0, 0.1) is 11.3 Å². The summed E-state index contributed by atoms with van der Waals surface area (Å²) in [5.74, 6) is 0.606. The van der Waals surface area contributed by atoms with Gasteiger partial charge in [-0.1, -0.05) is 51.1 Å². The first-order valence-electron chi connectivity index (χ1n) is 6.80. The van der Waals surface area contributed by atoms with Gasteiger partial charge in [0.25, 0.3) is 0 Å². The molecular formula is C15H25N3. The van der Waals surface area contributed by atoms with Gasteiger partial charge in [-0.3, -0.25) is 5.43 Å². The molecule has 3 heteroatoms. The molecule has 0 saturated carbocycles. The van der Waals surface area contributed by atoms with Crippen molar-refractivity contribution in [1.29, 1.82) is 0 Å². The van der Waals surface area contributed by atoms with Crippen LogP contribution in [-0.4, -0.2) is 19.6 Å². The number of rotatable bonds is 4. The largest absolute Gasteiger partial charge is 0.316 e. The summed E-state index contributed by atoms with van der Waals surface area (Å²) in [6.07, 6.45) is 0. The molecule has 0 spiro atoms. The molecular weight excluding hydrogens is 222 g/mol. The molecule has 18 heavy (non-hydrogen) atoms. The zero-order chi connectivity index (χ0) is 13.0. The maximum absolute atomic E-state index is 3.59. The van der Waals surface area contributed by atoms with Crippen LogP contribution >= 0.6 is 0 Å². The number of benzene rings is 1. The molecule has 1 aromatic carbocycles. The van der Waals surface area contributed by atoms with Crippen LogP contribution in [-0.2, 0) is 0 Å². The minimum atomic E-state index is 0.349. The highest BCUT2D eigenvalue weighted by molar-refractivity contribution is 5.20. The lowest BCUT2D eigenvalue weighted by Crippen LogP contribution is -2.33. The van der Waals surface area contributed by atoms with Crippen LogP contribution in [0.1, 0.15) is 32.4 Å². The molecule has 3 nitrogen and oxygen atoms in total. The molecule has 1 heterocycles. The second-order valence-corrected chi connectivity index (χ2v) is 6.37. The van der Waals surface area contributed by atoms with Crippen LogP contribution in [0.5, 0.6) is 0 Å². The molecule has 2 unspecified atom stereocenters. The Labute approximate surface area is 110 Å². The van der Waals surface area contributed by atoms with E-state index < -0.39 is 0 Å². The van der Waals surface area contributed by atoms with Gasteiger partial charge in [0.2, 0.25) is 0 Å². The normalized spacial score (nSPS) is 24.4. The average molecular weight is 247 g/mol. The Morgan fingerprint density at radius 1 is 1.22 bits per heavy atom. The minimum absolute atomic E-state index is 0.349. The fourth-order valence-corrected chi connectivity index (χ4v) is 2.37. The van der Waals surface area contributed by atoms with Crippen molar-refractivity contribution in [2.24, 2.45) is 11.3 Å². The van der Waals surface area contributed by atoms with Gasteiger partial charge < -0.3 is 5.32 Å². The van der Waals surface area contributed by atoms with Crippen molar-refractivity contribution in [3.05, 3.63) is 35.9 Å². The van der Waals surface area contributed by atoms with E-state index in [0.29, 0.717) is 17.4 Å². The van der Waals surface area contributed by atoms with Crippen molar-refractivity contribution in [3.8, 4) is 0 Å². The predicted octanol–water partition coefficient (Wildman–Crippen LogP) is 2.09. The standard InChI is InChI=1S/C15H25N3/c1-15(2,3)11-16-9-13-10-17-18-14(13)12-7-5-4-6-8-12/h4-8,13-14,16-18H,9-11H2,1-3H3. The highest BCUT2D eigenvalue weighted by atomic mass is 15.4. The maximum atomic E-state index is 3.59. The summed E-state index contributed by atoms with van der Waals surface area (Å²) in [7, 11) is 0. The molecule has 1 fully saturated rings. The fraction of sp³-hybridized carbons (Fsp3) is 0.600. The average Bonchev–Trinajstić information content (AvgIpc) is 2.77. The maximum Gasteiger partial charge on any atom is 0.0515 e. The van der Waals surface area contributed by atoms with Crippen molar-refractivity contribution in [1.82, 2.24) is 16.2 Å². The van der Waals surface area contributed by atoms with Crippen LogP contribution in [0.2, 0.25) is 0 Å². The van der Waals surface area contributed by atoms with Crippen molar-refractivity contribution in [3.63, 3.8) is 0 Å². The number of hydrogen-bond acceptors (Lipinski definition) is 3. The highest BCUT2D eigenvalue weighted by Gasteiger charge is 2.27. The summed E-state index contributed by atoms with van der Waals surface area (Å²) in [5.41, 5.74) is 8.37. The number of nitrogens with one attached hydrogen (secondary N) is 3. The molecule has 0 aromatic heterocycles. The summed E-state index contributed by atoms with van der Waals surface area (Å²) in [6.45, 7) is 9.93. The second-order valence-electron chi connectivity index (χ2n) is 6.37. The van der Waals surface area contributed by atoms with Crippen LogP contribution in [0.25, 0.3) is 0 Å². The van der Waals surface area contributed by atoms with Crippen LogP contribution in [0.3, 0.4) is 0 Å². The Kier molecular flexibility index (Phi) is 4.38. The highest BCUT2D eigenvalue weighted by Crippen LogP contribution is 2.24. The van der Waals surface area contributed by atoms with Gasteiger partial charge in [-0.05, 0) is 11.0 Å². The van der Waals surface area contributed by atoms with Crippen LogP contribution in [0.4, 0.5) is 0 Å². The molecule has 3 N–H and O–H groups in total. The molecule has 100 valence electrons. The van der Waals surface area contributed by atoms with Gasteiger partial charge in [-0.2, -0.15) is 0 Å². The summed E-state index contributed by atoms with van der Waals surface area (Å²) in [6, 6.07) is 11.1. The monoisotopic (exact) mass is 247 g/mol. The van der Waals surface area contributed by atoms with Gasteiger partial charge in [0.1, 0.15) is 0 Å². The summed E-state index contributed by atoms with van der Waals surface area (Å²) in [5, 5.41) is 3.59. The van der Waals surface area contributed by atoms with E-state index in [4.69, 9.17) is 0 Å². The Hall–Kier alpha value is -0.900. The van der Waals surface area contributed by atoms with E-state index in [-0.39, 0.29) is 0 Å². The molecule has 2 atom stereocenters. The van der Waals surface area contributed by atoms with Gasteiger partial charge in [-0.15, -0.1) is 0 Å². The van der Waals surface area contributed by atoms with Crippen molar-refractivity contribution in [2.45, 2.75) is 26.8 Å².